The van der Waals surface area contributed by atoms with Crippen LogP contribution < -0.4 is 4.90 Å². The van der Waals surface area contributed by atoms with Crippen LogP contribution in [0.3, 0.4) is 0 Å². The SMILES string of the molecule is Cc1cc(C)c2nc(N(CCN(C)C)C(=O)CCCSc3ccccc3)sc2c1. The van der Waals surface area contributed by atoms with Crippen LogP contribution in [0, 0.1) is 13.8 Å². The molecule has 0 aliphatic carbocycles. The van der Waals surface area contributed by atoms with E-state index in [2.05, 4.69) is 43.0 Å². The van der Waals surface area contributed by atoms with Crippen LogP contribution in [0.4, 0.5) is 5.13 Å². The number of fused-ring (bicyclic) bond motifs is 1. The van der Waals surface area contributed by atoms with E-state index in [1.165, 1.54) is 16.0 Å². The van der Waals surface area contributed by atoms with Gasteiger partial charge in [0, 0.05) is 24.4 Å². The highest BCUT2D eigenvalue weighted by Gasteiger charge is 2.20. The zero-order valence-corrected chi connectivity index (χ0v) is 19.3. The molecule has 0 aliphatic heterocycles. The maximum atomic E-state index is 13.1. The molecule has 2 aromatic carbocycles. The molecule has 29 heavy (non-hydrogen) atoms. The average Bonchev–Trinajstić information content (AvgIpc) is 3.10. The van der Waals surface area contributed by atoms with Crippen LogP contribution >= 0.6 is 23.1 Å². The number of likely N-dealkylation sites (N-methyl/N-ethyl adjacent to an activating group) is 1. The van der Waals surface area contributed by atoms with E-state index in [0.29, 0.717) is 13.0 Å². The molecule has 3 aromatic rings. The molecule has 0 atom stereocenters. The normalized spacial score (nSPS) is 11.3. The Bertz CT molecular complexity index is 953. The number of carbonyl (C=O) groups excluding carboxylic acids is 1. The van der Waals surface area contributed by atoms with Gasteiger partial charge >= 0.3 is 0 Å². The zero-order valence-electron chi connectivity index (χ0n) is 17.6. The lowest BCUT2D eigenvalue weighted by atomic mass is 10.1. The number of amides is 1. The molecule has 0 spiro atoms. The van der Waals surface area contributed by atoms with Crippen molar-refractivity contribution < 1.29 is 4.79 Å². The maximum absolute atomic E-state index is 13.1. The minimum Gasteiger partial charge on any atom is -0.308 e. The molecule has 0 aliphatic rings. The molecule has 1 amide bonds. The smallest absolute Gasteiger partial charge is 0.228 e. The standard InChI is InChI=1S/C23H29N3OS2/c1-17-15-18(2)22-20(16-17)29-23(24-22)26(13-12-25(3)4)21(27)11-8-14-28-19-9-6-5-7-10-19/h5-7,9-10,15-16H,8,11-14H2,1-4H3. The summed E-state index contributed by atoms with van der Waals surface area (Å²) in [5, 5.41) is 0.816. The number of hydrogen-bond acceptors (Lipinski definition) is 5. The first kappa shape index (κ1) is 21.8. The summed E-state index contributed by atoms with van der Waals surface area (Å²) in [4.78, 5) is 23.1. The zero-order chi connectivity index (χ0) is 20.8. The van der Waals surface area contributed by atoms with Gasteiger partial charge in [-0.15, -0.1) is 11.8 Å². The second kappa shape index (κ2) is 10.2. The molecular weight excluding hydrogens is 398 g/mol. The quantitative estimate of drug-likeness (QED) is 0.339. The van der Waals surface area contributed by atoms with Gasteiger partial charge in [0.05, 0.1) is 10.2 Å². The third kappa shape index (κ3) is 6.04. The van der Waals surface area contributed by atoms with Gasteiger partial charge in [-0.05, 0) is 69.4 Å². The Hall–Kier alpha value is -1.89. The molecule has 0 saturated heterocycles. The summed E-state index contributed by atoms with van der Waals surface area (Å²) in [7, 11) is 4.07. The Morgan fingerprint density at radius 3 is 2.59 bits per heavy atom. The van der Waals surface area contributed by atoms with Crippen molar-refractivity contribution in [1.82, 2.24) is 9.88 Å². The van der Waals surface area contributed by atoms with Crippen molar-refractivity contribution in [3.05, 3.63) is 53.6 Å². The summed E-state index contributed by atoms with van der Waals surface area (Å²) in [6.45, 7) is 5.67. The van der Waals surface area contributed by atoms with Crippen molar-refractivity contribution in [2.75, 3.05) is 37.8 Å². The van der Waals surface area contributed by atoms with Crippen LogP contribution in [0.1, 0.15) is 24.0 Å². The number of benzene rings is 2. The first-order valence-electron chi connectivity index (χ1n) is 9.95. The van der Waals surface area contributed by atoms with Gasteiger partial charge in [-0.25, -0.2) is 4.98 Å². The van der Waals surface area contributed by atoms with Gasteiger partial charge in [0.2, 0.25) is 5.91 Å². The van der Waals surface area contributed by atoms with Gasteiger partial charge in [-0.3, -0.25) is 9.69 Å². The maximum Gasteiger partial charge on any atom is 0.228 e. The number of rotatable bonds is 9. The predicted octanol–water partition coefficient (Wildman–Crippen LogP) is 5.38. The summed E-state index contributed by atoms with van der Waals surface area (Å²) >= 11 is 3.42. The van der Waals surface area contributed by atoms with Crippen molar-refractivity contribution in [2.45, 2.75) is 31.6 Å². The van der Waals surface area contributed by atoms with Gasteiger partial charge in [-0.1, -0.05) is 35.6 Å². The lowest BCUT2D eigenvalue weighted by Crippen LogP contribution is -2.36. The van der Waals surface area contributed by atoms with E-state index in [0.717, 1.165) is 34.1 Å². The van der Waals surface area contributed by atoms with Gasteiger partial charge in [-0.2, -0.15) is 0 Å². The molecule has 154 valence electrons. The molecule has 0 radical (unpaired) electrons. The van der Waals surface area contributed by atoms with E-state index >= 15 is 0 Å². The fourth-order valence-corrected chi connectivity index (χ4v) is 5.23. The molecule has 0 saturated carbocycles. The van der Waals surface area contributed by atoms with Crippen molar-refractivity contribution >= 4 is 44.4 Å². The second-order valence-electron chi connectivity index (χ2n) is 7.54. The molecule has 0 fully saturated rings. The first-order chi connectivity index (χ1) is 13.9. The summed E-state index contributed by atoms with van der Waals surface area (Å²) in [5.74, 6) is 1.10. The topological polar surface area (TPSA) is 36.4 Å². The second-order valence-corrected chi connectivity index (χ2v) is 9.72. The van der Waals surface area contributed by atoms with Crippen molar-refractivity contribution in [3.63, 3.8) is 0 Å². The van der Waals surface area contributed by atoms with Gasteiger partial charge in [0.25, 0.3) is 0 Å². The fourth-order valence-electron chi connectivity index (χ4n) is 3.17. The Labute approximate surface area is 181 Å². The highest BCUT2D eigenvalue weighted by Crippen LogP contribution is 2.32. The Morgan fingerprint density at radius 2 is 1.86 bits per heavy atom. The number of carbonyl (C=O) groups is 1. The Kier molecular flexibility index (Phi) is 7.70. The fraction of sp³-hybridized carbons (Fsp3) is 0.391. The Morgan fingerprint density at radius 1 is 1.10 bits per heavy atom. The molecule has 3 rings (SSSR count). The van der Waals surface area contributed by atoms with Crippen LogP contribution in [0.2, 0.25) is 0 Å². The molecular formula is C23H29N3OS2. The minimum atomic E-state index is 0.161. The van der Waals surface area contributed by atoms with E-state index in [4.69, 9.17) is 4.98 Å². The van der Waals surface area contributed by atoms with Crippen molar-refractivity contribution in [1.29, 1.82) is 0 Å². The summed E-state index contributed by atoms with van der Waals surface area (Å²) in [6, 6.07) is 14.7. The lowest BCUT2D eigenvalue weighted by Gasteiger charge is -2.22. The number of thiazole rings is 1. The van der Waals surface area contributed by atoms with Crippen molar-refractivity contribution in [3.8, 4) is 0 Å². The monoisotopic (exact) mass is 427 g/mol. The molecule has 1 aromatic heterocycles. The Balaban J connectivity index is 1.69. The number of anilines is 1. The third-order valence-electron chi connectivity index (χ3n) is 4.67. The van der Waals surface area contributed by atoms with E-state index in [9.17, 15) is 4.79 Å². The third-order valence-corrected chi connectivity index (χ3v) is 6.79. The van der Waals surface area contributed by atoms with Gasteiger partial charge < -0.3 is 4.90 Å². The molecule has 4 nitrogen and oxygen atoms in total. The first-order valence-corrected chi connectivity index (χ1v) is 11.7. The number of nitrogens with zero attached hydrogens (tertiary/aromatic N) is 3. The van der Waals surface area contributed by atoms with E-state index in [1.807, 2.05) is 37.2 Å². The van der Waals surface area contributed by atoms with E-state index in [-0.39, 0.29) is 5.91 Å². The van der Waals surface area contributed by atoms with E-state index in [1.54, 1.807) is 23.1 Å². The van der Waals surface area contributed by atoms with Crippen molar-refractivity contribution in [2.24, 2.45) is 0 Å². The van der Waals surface area contributed by atoms with E-state index < -0.39 is 0 Å². The molecule has 6 heteroatoms. The van der Waals surface area contributed by atoms with Crippen LogP contribution in [-0.4, -0.2) is 48.7 Å². The average molecular weight is 428 g/mol. The number of aryl methyl sites for hydroxylation is 2. The minimum absolute atomic E-state index is 0.161. The van der Waals surface area contributed by atoms with Crippen LogP contribution in [0.15, 0.2) is 47.4 Å². The lowest BCUT2D eigenvalue weighted by molar-refractivity contribution is -0.118. The summed E-state index contributed by atoms with van der Waals surface area (Å²) in [6.07, 6.45) is 1.40. The predicted molar refractivity (Wildman–Crippen MR) is 126 cm³/mol. The van der Waals surface area contributed by atoms with Gasteiger partial charge in [0.15, 0.2) is 5.13 Å². The van der Waals surface area contributed by atoms with Crippen LogP contribution in [-0.2, 0) is 4.79 Å². The number of thioether (sulfide) groups is 1. The highest BCUT2D eigenvalue weighted by molar-refractivity contribution is 7.99. The molecule has 0 N–H and O–H groups in total. The number of aromatic nitrogens is 1. The summed E-state index contributed by atoms with van der Waals surface area (Å²) < 4.78 is 1.15. The van der Waals surface area contributed by atoms with Crippen LogP contribution in [0.5, 0.6) is 0 Å². The molecule has 0 unspecified atom stereocenters. The van der Waals surface area contributed by atoms with Gasteiger partial charge in [0.1, 0.15) is 0 Å². The molecule has 1 heterocycles. The van der Waals surface area contributed by atoms with Crippen LogP contribution in [0.25, 0.3) is 10.2 Å². The molecule has 0 bridgehead atoms. The highest BCUT2D eigenvalue weighted by atomic mass is 32.2. The number of hydrogen-bond donors (Lipinski definition) is 0. The largest absolute Gasteiger partial charge is 0.308 e. The summed E-state index contributed by atoms with van der Waals surface area (Å²) in [5.41, 5.74) is 3.41.